The number of likely N-dealkylation sites (tertiary alicyclic amines) is 1. The smallest absolute Gasteiger partial charge is 0.410 e. The fraction of sp³-hybridized carbons (Fsp3) is 0.345. The second-order valence-electron chi connectivity index (χ2n) is 10.0. The lowest BCUT2D eigenvalue weighted by molar-refractivity contribution is -0.0355. The van der Waals surface area contributed by atoms with Crippen LogP contribution in [0.2, 0.25) is 0 Å². The van der Waals surface area contributed by atoms with Crippen LogP contribution < -0.4 is 0 Å². The molecule has 176 valence electrons. The molecule has 2 atom stereocenters. The van der Waals surface area contributed by atoms with Gasteiger partial charge >= 0.3 is 6.09 Å². The summed E-state index contributed by atoms with van der Waals surface area (Å²) in [5, 5.41) is 4.79. The van der Waals surface area contributed by atoms with Crippen LogP contribution >= 0.6 is 0 Å². The molecule has 0 aliphatic carbocycles. The summed E-state index contributed by atoms with van der Waals surface area (Å²) >= 11 is 0. The van der Waals surface area contributed by atoms with Crippen LogP contribution in [0.15, 0.2) is 77.6 Å². The predicted octanol–water partition coefficient (Wildman–Crippen LogP) is 6.90. The molecule has 5 nitrogen and oxygen atoms in total. The largest absolute Gasteiger partial charge is 0.472 e. The average molecular weight is 458 g/mol. The molecule has 0 bridgehead atoms. The number of carbonyl (C=O) groups excluding carboxylic acids is 1. The molecule has 0 N–H and O–H groups in total. The maximum absolute atomic E-state index is 12.8. The standard InChI is InChI=1S/C29H31NO4/c1-29(2,3)34-28(31)30-14-12-25(22-13-15-32-18-22)27(17-30)33-19-26-23-10-6-4-8-20(23)16-21-9-5-7-11-24(21)26/h4-11,13,15-16,18,25,27H,12,14,17,19H2,1-3H3. The van der Waals surface area contributed by atoms with Crippen molar-refractivity contribution in [3.8, 4) is 0 Å². The average Bonchev–Trinajstić information content (AvgIpc) is 3.35. The number of furan rings is 1. The summed E-state index contributed by atoms with van der Waals surface area (Å²) in [6, 6.07) is 21.1. The zero-order chi connectivity index (χ0) is 23.7. The lowest BCUT2D eigenvalue weighted by atomic mass is 9.88. The molecule has 1 aliphatic rings. The third kappa shape index (κ3) is 4.66. The highest BCUT2D eigenvalue weighted by Gasteiger charge is 2.35. The van der Waals surface area contributed by atoms with Gasteiger partial charge in [0.2, 0.25) is 0 Å². The van der Waals surface area contributed by atoms with Crippen LogP contribution in [0, 0.1) is 0 Å². The number of ether oxygens (including phenoxy) is 2. The van der Waals surface area contributed by atoms with E-state index in [1.807, 2.05) is 26.8 Å². The molecule has 0 radical (unpaired) electrons. The van der Waals surface area contributed by atoms with E-state index in [0.29, 0.717) is 19.7 Å². The van der Waals surface area contributed by atoms with Gasteiger partial charge in [-0.2, -0.15) is 0 Å². The number of rotatable bonds is 4. The summed E-state index contributed by atoms with van der Waals surface area (Å²) in [5.41, 5.74) is 1.75. The monoisotopic (exact) mass is 457 g/mol. The van der Waals surface area contributed by atoms with Crippen molar-refractivity contribution in [1.82, 2.24) is 4.90 Å². The van der Waals surface area contributed by atoms with Crippen molar-refractivity contribution >= 4 is 27.6 Å². The highest BCUT2D eigenvalue weighted by molar-refractivity contribution is 6.02. The molecule has 4 aromatic rings. The highest BCUT2D eigenvalue weighted by Crippen LogP contribution is 2.34. The Balaban J connectivity index is 1.44. The van der Waals surface area contributed by atoms with Gasteiger partial charge in [-0.1, -0.05) is 48.5 Å². The zero-order valence-electron chi connectivity index (χ0n) is 20.0. The Kier molecular flexibility index (Phi) is 6.05. The summed E-state index contributed by atoms with van der Waals surface area (Å²) in [6.07, 6.45) is 3.82. The lowest BCUT2D eigenvalue weighted by Crippen LogP contribution is -2.48. The molecular formula is C29H31NO4. The quantitative estimate of drug-likeness (QED) is 0.313. The van der Waals surface area contributed by atoms with E-state index in [1.165, 1.54) is 27.1 Å². The molecule has 1 aliphatic heterocycles. The maximum atomic E-state index is 12.8. The van der Waals surface area contributed by atoms with Gasteiger partial charge in [0.25, 0.3) is 0 Å². The minimum Gasteiger partial charge on any atom is -0.472 e. The van der Waals surface area contributed by atoms with Crippen molar-refractivity contribution in [2.24, 2.45) is 0 Å². The van der Waals surface area contributed by atoms with Crippen molar-refractivity contribution in [2.75, 3.05) is 13.1 Å². The molecule has 1 amide bonds. The van der Waals surface area contributed by atoms with Gasteiger partial charge in [0.05, 0.1) is 31.8 Å². The maximum Gasteiger partial charge on any atom is 0.410 e. The van der Waals surface area contributed by atoms with Gasteiger partial charge in [0.15, 0.2) is 0 Å². The van der Waals surface area contributed by atoms with Crippen LogP contribution in [0.1, 0.15) is 44.2 Å². The molecule has 0 spiro atoms. The number of fused-ring (bicyclic) bond motifs is 2. The molecule has 5 rings (SSSR count). The SMILES string of the molecule is CC(C)(C)OC(=O)N1CCC(c2ccoc2)C(OCc2c3ccccc3cc3ccccc23)C1. The molecule has 34 heavy (non-hydrogen) atoms. The number of carbonyl (C=O) groups is 1. The topological polar surface area (TPSA) is 51.9 Å². The number of nitrogens with zero attached hydrogens (tertiary/aromatic N) is 1. The van der Waals surface area contributed by atoms with Crippen molar-refractivity contribution in [2.45, 2.75) is 51.4 Å². The van der Waals surface area contributed by atoms with Crippen molar-refractivity contribution in [3.63, 3.8) is 0 Å². The van der Waals surface area contributed by atoms with Crippen LogP contribution in [0.3, 0.4) is 0 Å². The fourth-order valence-corrected chi connectivity index (χ4v) is 4.90. The van der Waals surface area contributed by atoms with E-state index in [9.17, 15) is 4.79 Å². The first-order chi connectivity index (χ1) is 16.4. The number of hydrogen-bond acceptors (Lipinski definition) is 4. The molecule has 0 saturated carbocycles. The third-order valence-electron chi connectivity index (χ3n) is 6.51. The van der Waals surface area contributed by atoms with Crippen molar-refractivity contribution in [1.29, 1.82) is 0 Å². The molecule has 2 heterocycles. The summed E-state index contributed by atoms with van der Waals surface area (Å²) in [4.78, 5) is 14.6. The van der Waals surface area contributed by atoms with E-state index in [0.717, 1.165) is 12.0 Å². The van der Waals surface area contributed by atoms with Crippen molar-refractivity contribution in [3.05, 3.63) is 84.3 Å². The minimum atomic E-state index is -0.531. The van der Waals surface area contributed by atoms with Crippen molar-refractivity contribution < 1.29 is 18.7 Å². The molecule has 2 unspecified atom stereocenters. The van der Waals surface area contributed by atoms with E-state index in [-0.39, 0.29) is 18.1 Å². The minimum absolute atomic E-state index is 0.152. The predicted molar refractivity (Wildman–Crippen MR) is 134 cm³/mol. The Labute approximate surface area is 200 Å². The van der Waals surface area contributed by atoms with Gasteiger partial charge in [-0.3, -0.25) is 0 Å². The Morgan fingerprint density at radius 2 is 1.71 bits per heavy atom. The first kappa shape index (κ1) is 22.5. The number of piperidine rings is 1. The number of hydrogen-bond donors (Lipinski definition) is 0. The van der Waals surface area contributed by atoms with Gasteiger partial charge in [-0.25, -0.2) is 4.79 Å². The van der Waals surface area contributed by atoms with E-state index in [1.54, 1.807) is 17.4 Å². The molecule has 5 heteroatoms. The summed E-state index contributed by atoms with van der Waals surface area (Å²) in [6.45, 7) is 7.24. The summed E-state index contributed by atoms with van der Waals surface area (Å²) in [5.74, 6) is 0.152. The van der Waals surface area contributed by atoms with Gasteiger partial charge < -0.3 is 18.8 Å². The van der Waals surface area contributed by atoms with Crippen LogP contribution in [0.25, 0.3) is 21.5 Å². The summed E-state index contributed by atoms with van der Waals surface area (Å²) < 4.78 is 17.7. The lowest BCUT2D eigenvalue weighted by Gasteiger charge is -2.38. The van der Waals surface area contributed by atoms with Gasteiger partial charge in [0, 0.05) is 12.5 Å². The zero-order valence-corrected chi connectivity index (χ0v) is 20.0. The second kappa shape index (κ2) is 9.15. The molecule has 3 aromatic carbocycles. The molecule has 1 fully saturated rings. The normalized spacial score (nSPS) is 19.0. The Morgan fingerprint density at radius 1 is 1.03 bits per heavy atom. The van der Waals surface area contributed by atoms with Gasteiger partial charge in [0.1, 0.15) is 5.60 Å². The Bertz CT molecular complexity index is 1230. The second-order valence-corrected chi connectivity index (χ2v) is 10.0. The first-order valence-electron chi connectivity index (χ1n) is 11.9. The first-order valence-corrected chi connectivity index (χ1v) is 11.9. The Morgan fingerprint density at radius 3 is 2.32 bits per heavy atom. The number of amides is 1. The molecule has 1 aromatic heterocycles. The van der Waals surface area contributed by atoms with E-state index >= 15 is 0 Å². The molecular weight excluding hydrogens is 426 g/mol. The highest BCUT2D eigenvalue weighted by atomic mass is 16.6. The van der Waals surface area contributed by atoms with E-state index in [4.69, 9.17) is 13.9 Å². The fourth-order valence-electron chi connectivity index (χ4n) is 4.90. The van der Waals surface area contributed by atoms with E-state index < -0.39 is 5.60 Å². The van der Waals surface area contributed by atoms with Crippen LogP contribution in [-0.2, 0) is 16.1 Å². The molecule has 1 saturated heterocycles. The van der Waals surface area contributed by atoms with E-state index in [2.05, 4.69) is 54.6 Å². The summed E-state index contributed by atoms with van der Waals surface area (Å²) in [7, 11) is 0. The van der Waals surface area contributed by atoms with Gasteiger partial charge in [-0.05, 0) is 72.0 Å². The third-order valence-corrected chi connectivity index (χ3v) is 6.51. The van der Waals surface area contributed by atoms with Crippen LogP contribution in [0.4, 0.5) is 4.79 Å². The number of benzene rings is 3. The van der Waals surface area contributed by atoms with Crippen LogP contribution in [0.5, 0.6) is 0 Å². The van der Waals surface area contributed by atoms with Crippen LogP contribution in [-0.4, -0.2) is 35.8 Å². The Hall–Kier alpha value is -3.31. The van der Waals surface area contributed by atoms with Gasteiger partial charge in [-0.15, -0.1) is 0 Å².